The number of anilines is 1. The van der Waals surface area contributed by atoms with Crippen LogP contribution in [0.1, 0.15) is 48.4 Å². The van der Waals surface area contributed by atoms with Crippen LogP contribution in [0.5, 0.6) is 0 Å². The molecule has 8 nitrogen and oxygen atoms in total. The minimum Gasteiger partial charge on any atom is -0.480 e. The summed E-state index contributed by atoms with van der Waals surface area (Å²) in [4.78, 5) is 38.4. The monoisotopic (exact) mass is 462 g/mol. The summed E-state index contributed by atoms with van der Waals surface area (Å²) in [7, 11) is 0. The number of furan rings is 1. The summed E-state index contributed by atoms with van der Waals surface area (Å²) in [5.41, 5.74) is 3.07. The maximum atomic E-state index is 13.0. The third-order valence-corrected chi connectivity index (χ3v) is 6.20. The van der Waals surface area contributed by atoms with Crippen molar-refractivity contribution < 1.29 is 28.6 Å². The van der Waals surface area contributed by atoms with Gasteiger partial charge in [-0.05, 0) is 43.0 Å². The van der Waals surface area contributed by atoms with E-state index in [2.05, 4.69) is 17.4 Å². The smallest absolute Gasteiger partial charge is 0.411 e. The molecule has 0 saturated heterocycles. The number of hydrogen-bond donors (Lipinski definition) is 2. The lowest BCUT2D eigenvalue weighted by Gasteiger charge is -2.33. The molecule has 2 N–H and O–H groups in total. The SMILES string of the molecule is CCN(C(=O)c1occc1NC(=O)OCC1c2ccccc2-c2ccccc21)C(C)(C)C(=O)O. The van der Waals surface area contributed by atoms with Gasteiger partial charge < -0.3 is 19.2 Å². The highest BCUT2D eigenvalue weighted by atomic mass is 16.5. The lowest BCUT2D eigenvalue weighted by Crippen LogP contribution is -2.52. The lowest BCUT2D eigenvalue weighted by molar-refractivity contribution is -0.147. The number of benzene rings is 2. The van der Waals surface area contributed by atoms with Gasteiger partial charge in [-0.15, -0.1) is 0 Å². The van der Waals surface area contributed by atoms with Crippen molar-refractivity contribution in [2.75, 3.05) is 18.5 Å². The number of nitrogens with zero attached hydrogens (tertiary/aromatic N) is 1. The van der Waals surface area contributed by atoms with Crippen LogP contribution < -0.4 is 5.32 Å². The van der Waals surface area contributed by atoms with E-state index >= 15 is 0 Å². The molecule has 34 heavy (non-hydrogen) atoms. The first-order chi connectivity index (χ1) is 16.3. The standard InChI is InChI=1S/C26H26N2O6/c1-4-28(26(2,3)24(30)31)23(29)22-21(13-14-33-22)27-25(32)34-15-20-18-11-7-5-9-16(18)17-10-6-8-12-19(17)20/h5-14,20H,4,15H2,1-3H3,(H,27,32)(H,30,31). The molecule has 0 unspecified atom stereocenters. The molecule has 0 fully saturated rings. The molecule has 176 valence electrons. The fraction of sp³-hybridized carbons (Fsp3) is 0.269. The fourth-order valence-electron chi connectivity index (χ4n) is 4.35. The van der Waals surface area contributed by atoms with Gasteiger partial charge in [0.2, 0.25) is 5.76 Å². The molecule has 2 aromatic carbocycles. The van der Waals surface area contributed by atoms with Gasteiger partial charge in [0.15, 0.2) is 0 Å². The fourth-order valence-corrected chi connectivity index (χ4v) is 4.35. The molecule has 1 aliphatic carbocycles. The third-order valence-electron chi connectivity index (χ3n) is 6.20. The van der Waals surface area contributed by atoms with E-state index in [9.17, 15) is 19.5 Å². The molecule has 0 saturated carbocycles. The number of nitrogens with one attached hydrogen (secondary N) is 1. The molecule has 4 rings (SSSR count). The average molecular weight is 463 g/mol. The molecule has 0 atom stereocenters. The molecule has 1 aliphatic rings. The van der Waals surface area contributed by atoms with E-state index in [4.69, 9.17) is 9.15 Å². The van der Waals surface area contributed by atoms with E-state index in [1.807, 2.05) is 36.4 Å². The van der Waals surface area contributed by atoms with Crippen molar-refractivity contribution in [1.29, 1.82) is 0 Å². The van der Waals surface area contributed by atoms with Gasteiger partial charge in [0, 0.05) is 18.5 Å². The molecule has 0 spiro atoms. The molecule has 2 amide bonds. The molecule has 1 heterocycles. The zero-order valence-corrected chi connectivity index (χ0v) is 19.2. The first-order valence-corrected chi connectivity index (χ1v) is 11.0. The van der Waals surface area contributed by atoms with Gasteiger partial charge in [0.25, 0.3) is 5.91 Å². The Morgan fingerprint density at radius 2 is 1.62 bits per heavy atom. The van der Waals surface area contributed by atoms with Crippen LogP contribution in [0, 0.1) is 0 Å². The Labute approximate surface area is 197 Å². The predicted molar refractivity (Wildman–Crippen MR) is 126 cm³/mol. The van der Waals surface area contributed by atoms with E-state index in [-0.39, 0.29) is 30.5 Å². The molecular weight excluding hydrogens is 436 g/mol. The van der Waals surface area contributed by atoms with Gasteiger partial charge in [-0.3, -0.25) is 10.1 Å². The van der Waals surface area contributed by atoms with Crippen molar-refractivity contribution in [3.8, 4) is 11.1 Å². The van der Waals surface area contributed by atoms with Crippen molar-refractivity contribution in [2.45, 2.75) is 32.2 Å². The number of ether oxygens (including phenoxy) is 1. The first-order valence-electron chi connectivity index (χ1n) is 11.0. The van der Waals surface area contributed by atoms with Crippen LogP contribution in [-0.4, -0.2) is 46.7 Å². The Balaban J connectivity index is 1.47. The Hall–Kier alpha value is -4.07. The van der Waals surface area contributed by atoms with Gasteiger partial charge in [0.05, 0.1) is 12.0 Å². The Morgan fingerprint density at radius 3 is 2.18 bits per heavy atom. The number of hydrogen-bond acceptors (Lipinski definition) is 5. The summed E-state index contributed by atoms with van der Waals surface area (Å²) in [5.74, 6) is -2.06. The minimum absolute atomic E-state index is 0.101. The maximum Gasteiger partial charge on any atom is 0.411 e. The Bertz CT molecular complexity index is 1200. The summed E-state index contributed by atoms with van der Waals surface area (Å²) in [6.07, 6.45) is 0.520. The number of carbonyl (C=O) groups excluding carboxylic acids is 2. The van der Waals surface area contributed by atoms with Crippen LogP contribution in [0.25, 0.3) is 11.1 Å². The molecule has 1 aromatic heterocycles. The zero-order chi connectivity index (χ0) is 24.5. The van der Waals surface area contributed by atoms with Crippen molar-refractivity contribution >= 4 is 23.7 Å². The molecule has 3 aromatic rings. The quantitative estimate of drug-likeness (QED) is 0.513. The van der Waals surface area contributed by atoms with Crippen LogP contribution in [-0.2, 0) is 9.53 Å². The molecule has 0 radical (unpaired) electrons. The molecular formula is C26H26N2O6. The third kappa shape index (κ3) is 4.03. The van der Waals surface area contributed by atoms with Crippen molar-refractivity contribution in [1.82, 2.24) is 4.90 Å². The number of aliphatic carboxylic acids is 1. The van der Waals surface area contributed by atoms with Crippen LogP contribution >= 0.6 is 0 Å². The largest absolute Gasteiger partial charge is 0.480 e. The van der Waals surface area contributed by atoms with Crippen molar-refractivity contribution in [3.63, 3.8) is 0 Å². The molecule has 0 bridgehead atoms. The van der Waals surface area contributed by atoms with Gasteiger partial charge in [-0.1, -0.05) is 48.5 Å². The van der Waals surface area contributed by atoms with Crippen LogP contribution in [0.3, 0.4) is 0 Å². The van der Waals surface area contributed by atoms with E-state index in [0.29, 0.717) is 0 Å². The number of carboxylic acids is 1. The second-order valence-electron chi connectivity index (χ2n) is 8.53. The number of amides is 2. The number of carboxylic acid groups (broad SMARTS) is 1. The topological polar surface area (TPSA) is 109 Å². The van der Waals surface area contributed by atoms with Gasteiger partial charge >= 0.3 is 12.1 Å². The summed E-state index contributed by atoms with van der Waals surface area (Å²) < 4.78 is 10.8. The van der Waals surface area contributed by atoms with Crippen LogP contribution in [0.4, 0.5) is 10.5 Å². The van der Waals surface area contributed by atoms with Crippen LogP contribution in [0.2, 0.25) is 0 Å². The van der Waals surface area contributed by atoms with E-state index < -0.39 is 23.5 Å². The molecule has 8 heteroatoms. The normalized spacial score (nSPS) is 12.6. The molecule has 0 aliphatic heterocycles. The number of likely N-dealkylation sites (N-methyl/N-ethyl adjacent to an activating group) is 1. The van der Waals surface area contributed by atoms with Gasteiger partial charge in [-0.2, -0.15) is 0 Å². The summed E-state index contributed by atoms with van der Waals surface area (Å²) in [5, 5.41) is 12.1. The second kappa shape index (κ2) is 9.05. The number of carbonyl (C=O) groups is 3. The Morgan fingerprint density at radius 1 is 1.03 bits per heavy atom. The zero-order valence-electron chi connectivity index (χ0n) is 19.2. The highest BCUT2D eigenvalue weighted by molar-refractivity contribution is 6.02. The summed E-state index contributed by atoms with van der Waals surface area (Å²) in [6.45, 7) is 4.79. The summed E-state index contributed by atoms with van der Waals surface area (Å²) in [6, 6.07) is 17.5. The number of rotatable bonds is 7. The van der Waals surface area contributed by atoms with E-state index in [1.54, 1.807) is 6.92 Å². The Kier molecular flexibility index (Phi) is 6.15. The lowest BCUT2D eigenvalue weighted by atomic mass is 9.98. The first kappa shape index (κ1) is 23.1. The highest BCUT2D eigenvalue weighted by Crippen LogP contribution is 2.44. The van der Waals surface area contributed by atoms with Crippen molar-refractivity contribution in [2.24, 2.45) is 0 Å². The van der Waals surface area contributed by atoms with E-state index in [1.165, 1.54) is 26.2 Å². The van der Waals surface area contributed by atoms with Gasteiger partial charge in [0.1, 0.15) is 12.1 Å². The minimum atomic E-state index is -1.46. The second-order valence-corrected chi connectivity index (χ2v) is 8.53. The highest BCUT2D eigenvalue weighted by Gasteiger charge is 2.39. The average Bonchev–Trinajstić information content (AvgIpc) is 3.40. The summed E-state index contributed by atoms with van der Waals surface area (Å²) >= 11 is 0. The number of fused-ring (bicyclic) bond motifs is 3. The van der Waals surface area contributed by atoms with Crippen molar-refractivity contribution in [3.05, 3.63) is 77.7 Å². The predicted octanol–water partition coefficient (Wildman–Crippen LogP) is 4.97. The van der Waals surface area contributed by atoms with Gasteiger partial charge in [-0.25, -0.2) is 9.59 Å². The van der Waals surface area contributed by atoms with Crippen LogP contribution in [0.15, 0.2) is 65.3 Å². The maximum absolute atomic E-state index is 13.0. The van der Waals surface area contributed by atoms with E-state index in [0.717, 1.165) is 27.2 Å².